The highest BCUT2D eigenvalue weighted by atomic mass is 16.5. The number of hydrogen-bond donors (Lipinski definition) is 1. The second-order valence-corrected chi connectivity index (χ2v) is 5.69. The molecule has 3 aromatic rings. The average molecular weight is 348 g/mol. The van der Waals surface area contributed by atoms with Gasteiger partial charge in [0.25, 0.3) is 0 Å². The van der Waals surface area contributed by atoms with Crippen LogP contribution in [0.15, 0.2) is 67.0 Å². The topological polar surface area (TPSA) is 60.5 Å². The number of para-hydroxylation sites is 1. The molecular weight excluding hydrogens is 328 g/mol. The fourth-order valence-electron chi connectivity index (χ4n) is 2.77. The van der Waals surface area contributed by atoms with E-state index >= 15 is 0 Å². The van der Waals surface area contributed by atoms with Crippen molar-refractivity contribution in [2.45, 2.75) is 6.42 Å². The van der Waals surface area contributed by atoms with Crippen molar-refractivity contribution in [2.24, 2.45) is 0 Å². The minimum Gasteiger partial charge on any atom is -0.496 e. The number of carbonyl (C=O) groups is 1. The minimum atomic E-state index is -0.117. The van der Waals surface area contributed by atoms with Crippen molar-refractivity contribution in [1.29, 1.82) is 0 Å². The average Bonchev–Trinajstić information content (AvgIpc) is 2.69. The van der Waals surface area contributed by atoms with Gasteiger partial charge in [-0.25, -0.2) is 0 Å². The Morgan fingerprint density at radius 2 is 1.69 bits per heavy atom. The van der Waals surface area contributed by atoms with Crippen molar-refractivity contribution in [1.82, 2.24) is 4.98 Å². The second-order valence-electron chi connectivity index (χ2n) is 5.69. The van der Waals surface area contributed by atoms with Crippen LogP contribution in [0, 0.1) is 0 Å². The van der Waals surface area contributed by atoms with E-state index in [1.807, 2.05) is 54.6 Å². The molecule has 1 heterocycles. The number of ether oxygens (including phenoxy) is 2. The summed E-state index contributed by atoms with van der Waals surface area (Å²) in [5, 5.41) is 2.91. The summed E-state index contributed by atoms with van der Waals surface area (Å²) >= 11 is 0. The lowest BCUT2D eigenvalue weighted by molar-refractivity contribution is -0.115. The molecule has 1 aromatic heterocycles. The normalized spacial score (nSPS) is 10.2. The molecule has 0 fully saturated rings. The molecule has 5 nitrogen and oxygen atoms in total. The zero-order valence-corrected chi connectivity index (χ0v) is 14.7. The van der Waals surface area contributed by atoms with Crippen molar-refractivity contribution in [3.8, 4) is 22.6 Å². The molecule has 0 bridgehead atoms. The molecular formula is C21H20N2O3. The highest BCUT2D eigenvalue weighted by molar-refractivity contribution is 5.93. The first-order valence-corrected chi connectivity index (χ1v) is 8.21. The maximum Gasteiger partial charge on any atom is 0.228 e. The molecule has 0 unspecified atom stereocenters. The molecule has 26 heavy (non-hydrogen) atoms. The molecule has 0 radical (unpaired) electrons. The van der Waals surface area contributed by atoms with Crippen LogP contribution >= 0.6 is 0 Å². The summed E-state index contributed by atoms with van der Waals surface area (Å²) in [6, 6.07) is 16.9. The van der Waals surface area contributed by atoms with E-state index < -0.39 is 0 Å². The van der Waals surface area contributed by atoms with E-state index in [1.54, 1.807) is 26.6 Å². The van der Waals surface area contributed by atoms with E-state index in [9.17, 15) is 4.79 Å². The summed E-state index contributed by atoms with van der Waals surface area (Å²) in [6.45, 7) is 0. The SMILES string of the molecule is COc1ccccc1CC(=O)Nc1ccc(-c2ccncc2)c(OC)c1. The van der Waals surface area contributed by atoms with Crippen LogP contribution in [-0.2, 0) is 11.2 Å². The smallest absolute Gasteiger partial charge is 0.228 e. The first-order chi connectivity index (χ1) is 12.7. The number of pyridine rings is 1. The number of rotatable bonds is 6. The van der Waals surface area contributed by atoms with Crippen LogP contribution in [-0.4, -0.2) is 25.1 Å². The monoisotopic (exact) mass is 348 g/mol. The number of hydrogen-bond acceptors (Lipinski definition) is 4. The Kier molecular flexibility index (Phi) is 5.49. The molecule has 1 amide bonds. The first-order valence-electron chi connectivity index (χ1n) is 8.21. The van der Waals surface area contributed by atoms with Gasteiger partial charge in [0.05, 0.1) is 20.6 Å². The summed E-state index contributed by atoms with van der Waals surface area (Å²) in [5.41, 5.74) is 3.47. The number of nitrogens with zero attached hydrogens (tertiary/aromatic N) is 1. The van der Waals surface area contributed by atoms with E-state index in [4.69, 9.17) is 9.47 Å². The maximum atomic E-state index is 12.4. The number of nitrogens with one attached hydrogen (secondary N) is 1. The van der Waals surface area contributed by atoms with Gasteiger partial charge in [0.2, 0.25) is 5.91 Å². The van der Waals surface area contributed by atoms with Crippen LogP contribution in [0.4, 0.5) is 5.69 Å². The third-order valence-corrected chi connectivity index (χ3v) is 4.02. The van der Waals surface area contributed by atoms with E-state index in [0.717, 1.165) is 16.7 Å². The highest BCUT2D eigenvalue weighted by Crippen LogP contribution is 2.32. The van der Waals surface area contributed by atoms with Gasteiger partial charge in [-0.15, -0.1) is 0 Å². The molecule has 1 N–H and O–H groups in total. The zero-order valence-electron chi connectivity index (χ0n) is 14.7. The van der Waals surface area contributed by atoms with Crippen LogP contribution in [0.1, 0.15) is 5.56 Å². The lowest BCUT2D eigenvalue weighted by Gasteiger charge is -2.12. The fraction of sp³-hybridized carbons (Fsp3) is 0.143. The minimum absolute atomic E-state index is 0.117. The van der Waals surface area contributed by atoms with Gasteiger partial charge in [-0.3, -0.25) is 9.78 Å². The molecule has 0 spiro atoms. The van der Waals surface area contributed by atoms with Crippen molar-refractivity contribution in [2.75, 3.05) is 19.5 Å². The number of benzene rings is 2. The molecule has 0 saturated heterocycles. The fourth-order valence-corrected chi connectivity index (χ4v) is 2.77. The summed E-state index contributed by atoms with van der Waals surface area (Å²) in [5.74, 6) is 1.27. The van der Waals surface area contributed by atoms with Gasteiger partial charge < -0.3 is 14.8 Å². The largest absolute Gasteiger partial charge is 0.496 e. The first kappa shape index (κ1) is 17.5. The lowest BCUT2D eigenvalue weighted by atomic mass is 10.1. The number of amides is 1. The Morgan fingerprint density at radius 3 is 2.42 bits per heavy atom. The predicted octanol–water partition coefficient (Wildman–Crippen LogP) is 3.95. The van der Waals surface area contributed by atoms with E-state index in [-0.39, 0.29) is 12.3 Å². The molecule has 0 saturated carbocycles. The van der Waals surface area contributed by atoms with Crippen LogP contribution in [0.2, 0.25) is 0 Å². The van der Waals surface area contributed by atoms with E-state index in [0.29, 0.717) is 17.2 Å². The van der Waals surface area contributed by atoms with E-state index in [1.165, 1.54) is 0 Å². The van der Waals surface area contributed by atoms with Gasteiger partial charge in [0.1, 0.15) is 11.5 Å². The summed E-state index contributed by atoms with van der Waals surface area (Å²) in [4.78, 5) is 16.4. The van der Waals surface area contributed by atoms with Crippen molar-refractivity contribution in [3.05, 3.63) is 72.6 Å². The molecule has 132 valence electrons. The highest BCUT2D eigenvalue weighted by Gasteiger charge is 2.11. The predicted molar refractivity (Wildman–Crippen MR) is 102 cm³/mol. The molecule has 3 rings (SSSR count). The lowest BCUT2D eigenvalue weighted by Crippen LogP contribution is -2.15. The Bertz CT molecular complexity index is 895. The van der Waals surface area contributed by atoms with Gasteiger partial charge in [-0.05, 0) is 35.9 Å². The molecule has 0 aliphatic heterocycles. The summed E-state index contributed by atoms with van der Waals surface area (Å²) in [6.07, 6.45) is 3.70. The van der Waals surface area contributed by atoms with Crippen molar-refractivity contribution < 1.29 is 14.3 Å². The van der Waals surface area contributed by atoms with E-state index in [2.05, 4.69) is 10.3 Å². The van der Waals surface area contributed by atoms with Crippen LogP contribution in [0.5, 0.6) is 11.5 Å². The molecule has 2 aromatic carbocycles. The Labute approximate surface area is 152 Å². The maximum absolute atomic E-state index is 12.4. The van der Waals surface area contributed by atoms with Gasteiger partial charge in [0, 0.05) is 35.3 Å². The molecule has 5 heteroatoms. The molecule has 0 aliphatic rings. The van der Waals surface area contributed by atoms with Crippen LogP contribution in [0.25, 0.3) is 11.1 Å². The third-order valence-electron chi connectivity index (χ3n) is 4.02. The second kappa shape index (κ2) is 8.16. The van der Waals surface area contributed by atoms with Crippen LogP contribution < -0.4 is 14.8 Å². The quantitative estimate of drug-likeness (QED) is 0.733. The number of aromatic nitrogens is 1. The molecule has 0 aliphatic carbocycles. The van der Waals surface area contributed by atoms with Gasteiger partial charge in [-0.2, -0.15) is 0 Å². The van der Waals surface area contributed by atoms with Crippen molar-refractivity contribution >= 4 is 11.6 Å². The van der Waals surface area contributed by atoms with Gasteiger partial charge in [0.15, 0.2) is 0 Å². The van der Waals surface area contributed by atoms with Gasteiger partial charge >= 0.3 is 0 Å². The summed E-state index contributed by atoms with van der Waals surface area (Å²) in [7, 11) is 3.21. The Morgan fingerprint density at radius 1 is 0.962 bits per heavy atom. The Hall–Kier alpha value is -3.34. The van der Waals surface area contributed by atoms with Gasteiger partial charge in [-0.1, -0.05) is 18.2 Å². The number of anilines is 1. The number of carbonyl (C=O) groups excluding carboxylic acids is 1. The molecule has 0 atom stereocenters. The summed E-state index contributed by atoms with van der Waals surface area (Å²) < 4.78 is 10.8. The standard InChI is InChI=1S/C21H20N2O3/c1-25-19-6-4-3-5-16(19)13-21(24)23-17-7-8-18(20(14-17)26-2)15-9-11-22-12-10-15/h3-12,14H,13H2,1-2H3,(H,23,24). The Balaban J connectivity index is 1.77. The van der Waals surface area contributed by atoms with Crippen molar-refractivity contribution in [3.63, 3.8) is 0 Å². The third kappa shape index (κ3) is 4.00. The zero-order chi connectivity index (χ0) is 18.4. The number of methoxy groups -OCH3 is 2. The van der Waals surface area contributed by atoms with Crippen LogP contribution in [0.3, 0.4) is 0 Å².